The van der Waals surface area contributed by atoms with Crippen LogP contribution in [0, 0.1) is 12.1 Å². The van der Waals surface area contributed by atoms with Gasteiger partial charge in [-0.3, -0.25) is 4.98 Å². The van der Waals surface area contributed by atoms with E-state index in [1.54, 1.807) is 6.20 Å². The van der Waals surface area contributed by atoms with Crippen molar-refractivity contribution < 1.29 is 24.5 Å². The molecular formula is C47H37IrN3O-2. The van der Waals surface area contributed by atoms with E-state index in [2.05, 4.69) is 119 Å². The molecule has 257 valence electrons. The number of benzene rings is 6. The van der Waals surface area contributed by atoms with Gasteiger partial charge in [0, 0.05) is 51.1 Å². The van der Waals surface area contributed by atoms with E-state index in [-0.39, 0.29) is 20.1 Å². The second-order valence-corrected chi connectivity index (χ2v) is 13.5. The Morgan fingerprint density at radius 2 is 1.50 bits per heavy atom. The minimum atomic E-state index is 0. The topological polar surface area (TPSA) is 43.9 Å². The molecule has 4 nitrogen and oxygen atoms in total. The molecule has 0 bridgehead atoms. The van der Waals surface area contributed by atoms with Crippen molar-refractivity contribution in [1.82, 2.24) is 14.5 Å². The molecule has 10 rings (SSSR count). The van der Waals surface area contributed by atoms with Gasteiger partial charge in [-0.1, -0.05) is 103 Å². The van der Waals surface area contributed by atoms with Crippen LogP contribution in [0.25, 0.3) is 77.3 Å². The van der Waals surface area contributed by atoms with Crippen molar-refractivity contribution in [3.63, 3.8) is 0 Å². The van der Waals surface area contributed by atoms with Gasteiger partial charge in [-0.2, -0.15) is 0 Å². The molecule has 0 aliphatic heterocycles. The molecular weight excluding hydrogens is 815 g/mol. The summed E-state index contributed by atoms with van der Waals surface area (Å²) in [7, 11) is 1.99. The molecule has 0 saturated heterocycles. The van der Waals surface area contributed by atoms with E-state index in [4.69, 9.17) is 4.42 Å². The second-order valence-electron chi connectivity index (χ2n) is 13.5. The summed E-state index contributed by atoms with van der Waals surface area (Å²) in [6.07, 6.45) is 12.5. The Morgan fingerprint density at radius 1 is 0.673 bits per heavy atom. The van der Waals surface area contributed by atoms with E-state index in [1.807, 2.05) is 48.3 Å². The average Bonchev–Trinajstić information content (AvgIpc) is 3.82. The normalized spacial score (nSPS) is 13.2. The number of aryl methyl sites for hydroxylation is 1. The summed E-state index contributed by atoms with van der Waals surface area (Å²) < 4.78 is 8.29. The van der Waals surface area contributed by atoms with E-state index < -0.39 is 0 Å². The largest absolute Gasteiger partial charge is 0.501 e. The van der Waals surface area contributed by atoms with E-state index in [1.165, 1.54) is 70.3 Å². The molecule has 1 radical (unpaired) electrons. The van der Waals surface area contributed by atoms with Crippen LogP contribution in [0.4, 0.5) is 0 Å². The number of aromatic nitrogens is 3. The zero-order chi connectivity index (χ0) is 34.1. The molecule has 0 N–H and O–H groups in total. The molecule has 0 spiro atoms. The second kappa shape index (κ2) is 14.7. The molecule has 3 aromatic heterocycles. The Bertz CT molecular complexity index is 2630. The summed E-state index contributed by atoms with van der Waals surface area (Å²) in [5.41, 5.74) is 8.61. The third kappa shape index (κ3) is 6.36. The third-order valence-electron chi connectivity index (χ3n) is 10.4. The van der Waals surface area contributed by atoms with Gasteiger partial charge in [-0.15, -0.1) is 54.1 Å². The van der Waals surface area contributed by atoms with Gasteiger partial charge < -0.3 is 14.0 Å². The van der Waals surface area contributed by atoms with Crippen LogP contribution in [0.3, 0.4) is 0 Å². The van der Waals surface area contributed by atoms with Gasteiger partial charge in [0.05, 0.1) is 11.4 Å². The number of hydrogen-bond acceptors (Lipinski definition) is 3. The van der Waals surface area contributed by atoms with Gasteiger partial charge >= 0.3 is 0 Å². The summed E-state index contributed by atoms with van der Waals surface area (Å²) in [6.45, 7) is 0. The maximum atomic E-state index is 6.30. The van der Waals surface area contributed by atoms with Crippen molar-refractivity contribution >= 4 is 43.5 Å². The molecule has 9 aromatic rings. The minimum absolute atomic E-state index is 0. The van der Waals surface area contributed by atoms with Crippen LogP contribution in [0.2, 0.25) is 0 Å². The minimum Gasteiger partial charge on any atom is -0.501 e. The monoisotopic (exact) mass is 852 g/mol. The fraction of sp³-hybridized carbons (Fsp3) is 0.149. The Labute approximate surface area is 317 Å². The van der Waals surface area contributed by atoms with E-state index >= 15 is 0 Å². The molecule has 52 heavy (non-hydrogen) atoms. The molecule has 3 heterocycles. The number of nitrogens with zero attached hydrogens (tertiary/aromatic N) is 3. The van der Waals surface area contributed by atoms with Crippen molar-refractivity contribution in [3.05, 3.63) is 158 Å². The SMILES string of the molecule is Cn1ccnc1-c1[c-]ccc2c1oc1ccc3c4ccccc4ccc3c12.[Ir].[c-]1ccccc1-c1cc(-c2ccc(C3CCCCC3)cc2)ccn1. The Morgan fingerprint density at radius 3 is 2.31 bits per heavy atom. The summed E-state index contributed by atoms with van der Waals surface area (Å²) in [5, 5.41) is 7.22. The first kappa shape index (κ1) is 33.8. The van der Waals surface area contributed by atoms with Crippen LogP contribution in [-0.2, 0) is 27.2 Å². The van der Waals surface area contributed by atoms with Crippen molar-refractivity contribution in [2.75, 3.05) is 0 Å². The predicted octanol–water partition coefficient (Wildman–Crippen LogP) is 12.4. The predicted molar refractivity (Wildman–Crippen MR) is 210 cm³/mol. The molecule has 1 fully saturated rings. The number of fused-ring (bicyclic) bond motifs is 7. The van der Waals surface area contributed by atoms with Gasteiger partial charge in [0.15, 0.2) is 0 Å². The van der Waals surface area contributed by atoms with Crippen molar-refractivity contribution in [2.45, 2.75) is 38.0 Å². The number of hydrogen-bond donors (Lipinski definition) is 0. The maximum Gasteiger partial charge on any atom is 0.121 e. The smallest absolute Gasteiger partial charge is 0.121 e. The van der Waals surface area contributed by atoms with Crippen molar-refractivity contribution in [3.8, 4) is 33.8 Å². The van der Waals surface area contributed by atoms with Gasteiger partial charge in [0.2, 0.25) is 0 Å². The fourth-order valence-corrected chi connectivity index (χ4v) is 7.79. The van der Waals surface area contributed by atoms with E-state index in [0.29, 0.717) is 0 Å². The quantitative estimate of drug-likeness (QED) is 0.131. The number of furan rings is 1. The van der Waals surface area contributed by atoms with E-state index in [9.17, 15) is 0 Å². The first-order valence-corrected chi connectivity index (χ1v) is 17.9. The van der Waals surface area contributed by atoms with Crippen molar-refractivity contribution in [2.24, 2.45) is 7.05 Å². The molecule has 1 aliphatic rings. The van der Waals surface area contributed by atoms with Crippen LogP contribution >= 0.6 is 0 Å². The number of imidazole rings is 1. The van der Waals surface area contributed by atoms with Gasteiger partial charge in [-0.25, -0.2) is 0 Å². The Balaban J connectivity index is 0.000000147. The fourth-order valence-electron chi connectivity index (χ4n) is 7.79. The van der Waals surface area contributed by atoms with Crippen LogP contribution in [-0.4, -0.2) is 14.5 Å². The zero-order valence-electron chi connectivity index (χ0n) is 29.0. The van der Waals surface area contributed by atoms with Crippen LogP contribution < -0.4 is 0 Å². The summed E-state index contributed by atoms with van der Waals surface area (Å²) in [6, 6.07) is 49.1. The first-order chi connectivity index (χ1) is 25.2. The standard InChI is InChI=1S/C24H15N2O.C23H22N.Ir/c1-26-14-13-25-24(26)20-8-4-7-19-22-18-10-9-15-5-2-3-6-16(15)17(18)11-12-21(22)27-23(19)20;1-3-7-18(8-4-1)19-11-13-20(14-12-19)22-15-16-24-23(17-22)21-9-5-2-6-10-21;/h2-7,9-14H,1H3;2,5-6,9,11-18H,1,3-4,7-8H2;/q2*-1;. The molecule has 0 atom stereocenters. The van der Waals surface area contributed by atoms with Crippen molar-refractivity contribution in [1.29, 1.82) is 0 Å². The average molecular weight is 852 g/mol. The summed E-state index contributed by atoms with van der Waals surface area (Å²) >= 11 is 0. The van der Waals surface area contributed by atoms with Gasteiger partial charge in [-0.05, 0) is 74.8 Å². The van der Waals surface area contributed by atoms with Crippen LogP contribution in [0.5, 0.6) is 0 Å². The molecule has 5 heteroatoms. The van der Waals surface area contributed by atoms with Crippen LogP contribution in [0.15, 0.2) is 144 Å². The zero-order valence-corrected chi connectivity index (χ0v) is 31.4. The molecule has 6 aromatic carbocycles. The summed E-state index contributed by atoms with van der Waals surface area (Å²) in [5.74, 6) is 1.62. The van der Waals surface area contributed by atoms with E-state index in [0.717, 1.165) is 50.5 Å². The Kier molecular flexibility index (Phi) is 9.56. The van der Waals surface area contributed by atoms with Gasteiger partial charge in [0.1, 0.15) is 5.58 Å². The summed E-state index contributed by atoms with van der Waals surface area (Å²) in [4.78, 5) is 8.98. The number of rotatable bonds is 4. The molecule has 0 amide bonds. The molecule has 1 aliphatic carbocycles. The number of pyridine rings is 1. The molecule has 1 saturated carbocycles. The molecule has 0 unspecified atom stereocenters. The third-order valence-corrected chi connectivity index (χ3v) is 10.4. The van der Waals surface area contributed by atoms with Gasteiger partial charge in [0.25, 0.3) is 0 Å². The Hall–Kier alpha value is -5.35. The van der Waals surface area contributed by atoms with Crippen LogP contribution in [0.1, 0.15) is 43.6 Å². The maximum absolute atomic E-state index is 6.30. The first-order valence-electron chi connectivity index (χ1n) is 17.9.